The summed E-state index contributed by atoms with van der Waals surface area (Å²) in [5.74, 6) is -0.312. The fourth-order valence-corrected chi connectivity index (χ4v) is 3.26. The van der Waals surface area contributed by atoms with Gasteiger partial charge in [0.25, 0.3) is 5.91 Å². The molecule has 0 spiro atoms. The van der Waals surface area contributed by atoms with Crippen molar-refractivity contribution in [1.82, 2.24) is 10.2 Å². The van der Waals surface area contributed by atoms with E-state index in [-0.39, 0.29) is 24.1 Å². The molecule has 172 valence electrons. The molecule has 0 saturated carbocycles. The number of carbonyl (C=O) groups excluding carboxylic acids is 3. The highest BCUT2D eigenvalue weighted by Gasteiger charge is 2.12. The zero-order valence-corrected chi connectivity index (χ0v) is 19.3. The van der Waals surface area contributed by atoms with E-state index >= 15 is 0 Å². The summed E-state index contributed by atoms with van der Waals surface area (Å²) >= 11 is 0. The second-order valence-corrected chi connectivity index (χ2v) is 7.55. The minimum Gasteiger partial charge on any atom is -0.351 e. The summed E-state index contributed by atoms with van der Waals surface area (Å²) in [6, 6.07) is 16.2. The number of hydrogen-bond donors (Lipinski definition) is 2. The smallest absolute Gasteiger partial charge is 0.251 e. The Kier molecular flexibility index (Phi) is 10.4. The van der Waals surface area contributed by atoms with Crippen LogP contribution in [0.4, 0.5) is 11.4 Å². The average Bonchev–Trinajstić information content (AvgIpc) is 2.82. The van der Waals surface area contributed by atoms with Crippen molar-refractivity contribution in [1.29, 1.82) is 0 Å². The highest BCUT2D eigenvalue weighted by molar-refractivity contribution is 5.96. The molecule has 0 aliphatic rings. The van der Waals surface area contributed by atoms with Crippen molar-refractivity contribution < 1.29 is 14.4 Å². The Morgan fingerprint density at radius 1 is 0.875 bits per heavy atom. The molecule has 2 aromatic rings. The second kappa shape index (κ2) is 13.3. The van der Waals surface area contributed by atoms with Gasteiger partial charge in [0, 0.05) is 49.9 Å². The maximum absolute atomic E-state index is 12.3. The zero-order chi connectivity index (χ0) is 23.3. The van der Waals surface area contributed by atoms with Gasteiger partial charge >= 0.3 is 0 Å². The molecule has 0 fully saturated rings. The van der Waals surface area contributed by atoms with E-state index in [0.717, 1.165) is 25.3 Å². The highest BCUT2D eigenvalue weighted by atomic mass is 16.2. The van der Waals surface area contributed by atoms with Crippen LogP contribution in [0.25, 0.3) is 0 Å². The Morgan fingerprint density at radius 2 is 1.53 bits per heavy atom. The van der Waals surface area contributed by atoms with Crippen LogP contribution >= 0.6 is 0 Å². The van der Waals surface area contributed by atoms with Gasteiger partial charge in [-0.25, -0.2) is 0 Å². The number of hydrogen-bond acceptors (Lipinski definition) is 4. The molecule has 3 amide bonds. The number of nitrogens with one attached hydrogen (secondary N) is 2. The minimum atomic E-state index is -0.156. The van der Waals surface area contributed by atoms with Gasteiger partial charge in [-0.2, -0.15) is 0 Å². The number of rotatable bonds is 12. The van der Waals surface area contributed by atoms with E-state index < -0.39 is 0 Å². The number of anilines is 2. The predicted molar refractivity (Wildman–Crippen MR) is 129 cm³/mol. The van der Waals surface area contributed by atoms with E-state index in [2.05, 4.69) is 29.4 Å². The molecule has 2 N–H and O–H groups in total. The van der Waals surface area contributed by atoms with Crippen LogP contribution in [0, 0.1) is 0 Å². The Morgan fingerprint density at radius 3 is 2.16 bits per heavy atom. The fourth-order valence-electron chi connectivity index (χ4n) is 3.26. The monoisotopic (exact) mass is 438 g/mol. The Bertz CT molecular complexity index is 865. The third-order valence-electron chi connectivity index (χ3n) is 5.35. The number of nitrogens with zero attached hydrogens (tertiary/aromatic N) is 2. The van der Waals surface area contributed by atoms with Crippen LogP contribution in [0.15, 0.2) is 54.6 Å². The molecule has 0 aromatic heterocycles. The van der Waals surface area contributed by atoms with Crippen molar-refractivity contribution >= 4 is 29.1 Å². The Hall–Kier alpha value is -3.19. The summed E-state index contributed by atoms with van der Waals surface area (Å²) in [6.07, 6.45) is 1.02. The number of carbonyl (C=O) groups is 3. The molecule has 0 heterocycles. The molecule has 0 radical (unpaired) electrons. The molecule has 0 saturated heterocycles. The molecule has 7 heteroatoms. The summed E-state index contributed by atoms with van der Waals surface area (Å²) in [7, 11) is 1.74. The maximum Gasteiger partial charge on any atom is 0.251 e. The van der Waals surface area contributed by atoms with E-state index in [9.17, 15) is 14.4 Å². The number of para-hydroxylation sites is 1. The maximum atomic E-state index is 12.3. The zero-order valence-electron chi connectivity index (χ0n) is 19.3. The molecular weight excluding hydrogens is 404 g/mol. The van der Waals surface area contributed by atoms with Gasteiger partial charge in [-0.15, -0.1) is 0 Å². The van der Waals surface area contributed by atoms with E-state index in [1.807, 2.05) is 30.3 Å². The number of likely N-dealkylation sites (N-methyl/N-ethyl adjacent to an activating group) is 1. The normalized spacial score (nSPS) is 10.6. The summed E-state index contributed by atoms with van der Waals surface area (Å²) < 4.78 is 0. The second-order valence-electron chi connectivity index (χ2n) is 7.55. The predicted octanol–water partition coefficient (Wildman–Crippen LogP) is 3.53. The summed E-state index contributed by atoms with van der Waals surface area (Å²) in [5, 5.41) is 5.73. The third-order valence-corrected chi connectivity index (χ3v) is 5.35. The molecule has 7 nitrogen and oxygen atoms in total. The summed E-state index contributed by atoms with van der Waals surface area (Å²) in [5.41, 5.74) is 2.01. The van der Waals surface area contributed by atoms with E-state index in [4.69, 9.17) is 0 Å². The Balaban J connectivity index is 1.72. The van der Waals surface area contributed by atoms with E-state index in [0.29, 0.717) is 30.6 Å². The first-order valence-electron chi connectivity index (χ1n) is 11.2. The molecule has 0 aliphatic carbocycles. The van der Waals surface area contributed by atoms with Gasteiger partial charge in [0.1, 0.15) is 0 Å². The van der Waals surface area contributed by atoms with Crippen LogP contribution in [-0.4, -0.2) is 55.8 Å². The lowest BCUT2D eigenvalue weighted by atomic mass is 10.1. The first-order chi connectivity index (χ1) is 15.4. The van der Waals surface area contributed by atoms with Crippen molar-refractivity contribution in [2.45, 2.75) is 33.1 Å². The van der Waals surface area contributed by atoms with E-state index in [1.165, 1.54) is 0 Å². The lowest BCUT2D eigenvalue weighted by Crippen LogP contribution is -2.34. The number of benzene rings is 2. The molecule has 2 rings (SSSR count). The van der Waals surface area contributed by atoms with Gasteiger partial charge in [0.15, 0.2) is 0 Å². The lowest BCUT2D eigenvalue weighted by molar-refractivity contribution is -0.118. The van der Waals surface area contributed by atoms with Crippen LogP contribution in [-0.2, 0) is 9.59 Å². The molecule has 32 heavy (non-hydrogen) atoms. The lowest BCUT2D eigenvalue weighted by Gasteiger charge is -2.18. The molecule has 0 atom stereocenters. The average molecular weight is 439 g/mol. The van der Waals surface area contributed by atoms with Gasteiger partial charge in [-0.1, -0.05) is 32.0 Å². The van der Waals surface area contributed by atoms with Gasteiger partial charge < -0.3 is 20.4 Å². The quantitative estimate of drug-likeness (QED) is 0.531. The topological polar surface area (TPSA) is 81.8 Å². The van der Waals surface area contributed by atoms with Crippen LogP contribution in [0.2, 0.25) is 0 Å². The molecule has 0 unspecified atom stereocenters. The van der Waals surface area contributed by atoms with Crippen molar-refractivity contribution in [2.24, 2.45) is 0 Å². The standard InChI is InChI=1S/C25H34N4O3/c1-4-29(5-2)19-18-26-25(32)20-14-16-21(17-15-20)27-23(30)12-9-13-24(31)28(3)22-10-7-6-8-11-22/h6-8,10-11,14-17H,4-5,9,12-13,18-19H2,1-3H3,(H,26,32)(H,27,30). The first-order valence-corrected chi connectivity index (χ1v) is 11.2. The molecule has 2 aromatic carbocycles. The molecule has 0 bridgehead atoms. The van der Waals surface area contributed by atoms with Crippen molar-refractivity contribution in [3.05, 3.63) is 60.2 Å². The first kappa shape index (κ1) is 25.1. The Labute approximate surface area is 190 Å². The number of amides is 3. The largest absolute Gasteiger partial charge is 0.351 e. The van der Waals surface area contributed by atoms with Gasteiger partial charge in [-0.3, -0.25) is 14.4 Å². The van der Waals surface area contributed by atoms with Gasteiger partial charge in [0.2, 0.25) is 11.8 Å². The van der Waals surface area contributed by atoms with E-state index in [1.54, 1.807) is 36.2 Å². The van der Waals surface area contributed by atoms with Crippen LogP contribution < -0.4 is 15.5 Å². The molecule has 0 aliphatic heterocycles. The van der Waals surface area contributed by atoms with Gasteiger partial charge in [0.05, 0.1) is 0 Å². The van der Waals surface area contributed by atoms with Crippen LogP contribution in [0.3, 0.4) is 0 Å². The summed E-state index contributed by atoms with van der Waals surface area (Å²) in [6.45, 7) is 7.52. The van der Waals surface area contributed by atoms with Crippen LogP contribution in [0.5, 0.6) is 0 Å². The van der Waals surface area contributed by atoms with Crippen LogP contribution in [0.1, 0.15) is 43.5 Å². The molecular formula is C25H34N4O3. The van der Waals surface area contributed by atoms with Crippen molar-refractivity contribution in [3.63, 3.8) is 0 Å². The fraction of sp³-hybridized carbons (Fsp3) is 0.400. The minimum absolute atomic E-state index is 0.0274. The van der Waals surface area contributed by atoms with Crippen molar-refractivity contribution in [2.75, 3.05) is 43.4 Å². The SMILES string of the molecule is CCN(CC)CCNC(=O)c1ccc(NC(=O)CCCC(=O)N(C)c2ccccc2)cc1. The van der Waals surface area contributed by atoms with Gasteiger partial charge in [-0.05, 0) is 55.9 Å². The third kappa shape index (κ3) is 8.15. The van der Waals surface area contributed by atoms with Crippen molar-refractivity contribution in [3.8, 4) is 0 Å². The highest BCUT2D eigenvalue weighted by Crippen LogP contribution is 2.14. The summed E-state index contributed by atoms with van der Waals surface area (Å²) in [4.78, 5) is 40.6.